The molecule has 156 valence electrons. The summed E-state index contributed by atoms with van der Waals surface area (Å²) in [5.41, 5.74) is 2.36. The lowest BCUT2D eigenvalue weighted by atomic mass is 10.0. The Morgan fingerprint density at radius 2 is 1.74 bits per heavy atom. The molecule has 0 saturated carbocycles. The van der Waals surface area contributed by atoms with Crippen molar-refractivity contribution in [3.05, 3.63) is 72.1 Å². The topological polar surface area (TPSA) is 69.0 Å². The third-order valence-corrected chi connectivity index (χ3v) is 5.86. The zero-order chi connectivity index (χ0) is 21.2. The van der Waals surface area contributed by atoms with Crippen LogP contribution in [0.1, 0.15) is 35.4 Å². The highest BCUT2D eigenvalue weighted by Gasteiger charge is 2.17. The second-order valence-corrected chi connectivity index (χ2v) is 7.79. The summed E-state index contributed by atoms with van der Waals surface area (Å²) in [7, 11) is 1.64. The second-order valence-electron chi connectivity index (χ2n) is 7.79. The molecule has 0 unspecified atom stereocenters. The average Bonchev–Trinajstić information content (AvgIpc) is 3.06. The Balaban J connectivity index is 1.39. The van der Waals surface area contributed by atoms with Crippen LogP contribution in [0.4, 0.5) is 5.69 Å². The predicted octanol–water partition coefficient (Wildman–Crippen LogP) is 5.09. The van der Waals surface area contributed by atoms with Crippen LogP contribution in [0.25, 0.3) is 22.2 Å². The lowest BCUT2D eigenvalue weighted by Crippen LogP contribution is -2.12. The first-order valence-electron chi connectivity index (χ1n) is 10.6. The molecule has 1 aromatic heterocycles. The Bertz CT molecular complexity index is 1240. The van der Waals surface area contributed by atoms with E-state index in [0.29, 0.717) is 5.56 Å². The maximum Gasteiger partial charge on any atom is 0.256 e. The van der Waals surface area contributed by atoms with Gasteiger partial charge in [-0.3, -0.25) is 4.79 Å². The number of nitrogens with zero attached hydrogens (tertiary/aromatic N) is 3. The van der Waals surface area contributed by atoms with Gasteiger partial charge in [-0.2, -0.15) is 0 Å². The molecule has 6 nitrogen and oxygen atoms in total. The number of amides is 1. The summed E-state index contributed by atoms with van der Waals surface area (Å²) in [6, 6.07) is 19.2. The summed E-state index contributed by atoms with van der Waals surface area (Å²) in [4.78, 5) is 13.0. The number of methoxy groups -OCH3 is 1. The molecule has 1 N–H and O–H groups in total. The molecular weight excluding hydrogens is 388 g/mol. The summed E-state index contributed by atoms with van der Waals surface area (Å²) in [5, 5.41) is 13.6. The van der Waals surface area contributed by atoms with Gasteiger partial charge in [0.2, 0.25) is 0 Å². The van der Waals surface area contributed by atoms with Crippen molar-refractivity contribution in [2.24, 2.45) is 0 Å². The van der Waals surface area contributed by atoms with Gasteiger partial charge in [0.05, 0.1) is 7.11 Å². The number of carbonyl (C=O) groups excluding carboxylic acids is 1. The Kier molecular flexibility index (Phi) is 5.12. The number of benzene rings is 3. The number of carbonyl (C=O) groups is 1. The Labute approximate surface area is 180 Å². The fourth-order valence-electron chi connectivity index (χ4n) is 4.25. The van der Waals surface area contributed by atoms with Crippen LogP contribution in [0.2, 0.25) is 0 Å². The molecule has 0 atom stereocenters. The van der Waals surface area contributed by atoms with Crippen LogP contribution in [0, 0.1) is 0 Å². The fraction of sp³-hybridized carbons (Fsp3) is 0.240. The number of aromatic nitrogens is 3. The van der Waals surface area contributed by atoms with Gasteiger partial charge in [-0.15, -0.1) is 10.2 Å². The van der Waals surface area contributed by atoms with Crippen molar-refractivity contribution < 1.29 is 9.53 Å². The van der Waals surface area contributed by atoms with E-state index in [0.717, 1.165) is 58.8 Å². The molecule has 31 heavy (non-hydrogen) atoms. The van der Waals surface area contributed by atoms with E-state index in [1.54, 1.807) is 13.2 Å². The van der Waals surface area contributed by atoms with Crippen LogP contribution in [-0.2, 0) is 13.0 Å². The zero-order valence-electron chi connectivity index (χ0n) is 17.5. The van der Waals surface area contributed by atoms with Crippen LogP contribution in [0.3, 0.4) is 0 Å². The summed E-state index contributed by atoms with van der Waals surface area (Å²) in [5.74, 6) is 2.57. The van der Waals surface area contributed by atoms with Gasteiger partial charge in [0, 0.05) is 35.2 Å². The molecule has 3 aromatic carbocycles. The molecule has 1 amide bonds. The number of ether oxygens (including phenoxy) is 1. The van der Waals surface area contributed by atoms with Crippen molar-refractivity contribution >= 4 is 22.4 Å². The lowest BCUT2D eigenvalue weighted by Gasteiger charge is -2.11. The van der Waals surface area contributed by atoms with Gasteiger partial charge in [0.25, 0.3) is 5.91 Å². The molecule has 0 bridgehead atoms. The van der Waals surface area contributed by atoms with Gasteiger partial charge in [0.15, 0.2) is 5.82 Å². The van der Waals surface area contributed by atoms with Crippen LogP contribution in [0.5, 0.6) is 5.75 Å². The van der Waals surface area contributed by atoms with Crippen molar-refractivity contribution in [1.29, 1.82) is 0 Å². The van der Waals surface area contributed by atoms with Crippen molar-refractivity contribution in [3.8, 4) is 17.1 Å². The molecule has 1 aliphatic rings. The molecule has 0 radical (unpaired) electrons. The van der Waals surface area contributed by atoms with Gasteiger partial charge in [-0.05, 0) is 54.6 Å². The van der Waals surface area contributed by atoms with E-state index < -0.39 is 0 Å². The monoisotopic (exact) mass is 412 g/mol. The SMILES string of the molecule is COc1ccc(C(=O)Nc2ccc(-c3nnc4n3CCCCC4)cc2)c2ccccc12. The molecule has 6 heteroatoms. The van der Waals surface area contributed by atoms with Gasteiger partial charge in [-0.1, -0.05) is 30.7 Å². The van der Waals surface area contributed by atoms with Crippen molar-refractivity contribution in [2.45, 2.75) is 32.2 Å². The van der Waals surface area contributed by atoms with Gasteiger partial charge >= 0.3 is 0 Å². The standard InChI is InChI=1S/C25H24N4O2/c1-31-22-15-14-21(19-7-4-5-8-20(19)22)25(30)26-18-12-10-17(11-13-18)24-28-27-23-9-3-2-6-16-29(23)24/h4-5,7-8,10-15H,2-3,6,9,16H2,1H3,(H,26,30). The predicted molar refractivity (Wildman–Crippen MR) is 121 cm³/mol. The molecule has 1 aliphatic heterocycles. The minimum Gasteiger partial charge on any atom is -0.496 e. The number of fused-ring (bicyclic) bond motifs is 2. The number of rotatable bonds is 4. The van der Waals surface area contributed by atoms with E-state index >= 15 is 0 Å². The normalized spacial score (nSPS) is 13.5. The molecular formula is C25H24N4O2. The molecule has 4 aromatic rings. The highest BCUT2D eigenvalue weighted by atomic mass is 16.5. The minimum atomic E-state index is -0.150. The molecule has 0 saturated heterocycles. The van der Waals surface area contributed by atoms with Crippen molar-refractivity contribution in [1.82, 2.24) is 14.8 Å². The smallest absolute Gasteiger partial charge is 0.256 e. The third-order valence-electron chi connectivity index (χ3n) is 5.86. The minimum absolute atomic E-state index is 0.150. The van der Waals surface area contributed by atoms with Crippen LogP contribution >= 0.6 is 0 Å². The zero-order valence-corrected chi connectivity index (χ0v) is 17.5. The summed E-state index contributed by atoms with van der Waals surface area (Å²) < 4.78 is 7.66. The molecule has 0 aliphatic carbocycles. The molecule has 2 heterocycles. The largest absolute Gasteiger partial charge is 0.496 e. The molecule has 5 rings (SSSR count). The average molecular weight is 412 g/mol. The number of anilines is 1. The Morgan fingerprint density at radius 3 is 2.55 bits per heavy atom. The fourth-order valence-corrected chi connectivity index (χ4v) is 4.25. The summed E-state index contributed by atoms with van der Waals surface area (Å²) in [6.45, 7) is 0.959. The van der Waals surface area contributed by atoms with Crippen molar-refractivity contribution in [3.63, 3.8) is 0 Å². The van der Waals surface area contributed by atoms with Crippen LogP contribution in [-0.4, -0.2) is 27.8 Å². The van der Waals surface area contributed by atoms with Crippen LogP contribution < -0.4 is 10.1 Å². The quantitative estimate of drug-likeness (QED) is 0.507. The number of nitrogens with one attached hydrogen (secondary N) is 1. The maximum absolute atomic E-state index is 13.0. The Hall–Kier alpha value is -3.67. The first kappa shape index (κ1) is 19.3. The van der Waals surface area contributed by atoms with E-state index in [1.807, 2.05) is 54.6 Å². The highest BCUT2D eigenvalue weighted by Crippen LogP contribution is 2.29. The van der Waals surface area contributed by atoms with Crippen LogP contribution in [0.15, 0.2) is 60.7 Å². The Morgan fingerprint density at radius 1 is 0.935 bits per heavy atom. The number of hydrogen-bond donors (Lipinski definition) is 1. The van der Waals surface area contributed by atoms with Gasteiger partial charge < -0.3 is 14.6 Å². The first-order valence-corrected chi connectivity index (χ1v) is 10.6. The van der Waals surface area contributed by atoms with E-state index in [2.05, 4.69) is 20.1 Å². The highest BCUT2D eigenvalue weighted by molar-refractivity contribution is 6.14. The number of aryl methyl sites for hydroxylation is 1. The third kappa shape index (κ3) is 3.65. The van der Waals surface area contributed by atoms with E-state index in [1.165, 1.54) is 12.8 Å². The van der Waals surface area contributed by atoms with E-state index in [9.17, 15) is 4.79 Å². The first-order chi connectivity index (χ1) is 15.2. The summed E-state index contributed by atoms with van der Waals surface area (Å²) >= 11 is 0. The molecule has 0 fully saturated rings. The van der Waals surface area contributed by atoms with E-state index in [4.69, 9.17) is 4.74 Å². The van der Waals surface area contributed by atoms with Gasteiger partial charge in [0.1, 0.15) is 11.6 Å². The lowest BCUT2D eigenvalue weighted by molar-refractivity contribution is 0.102. The van der Waals surface area contributed by atoms with E-state index in [-0.39, 0.29) is 5.91 Å². The second kappa shape index (κ2) is 8.22. The maximum atomic E-state index is 13.0. The van der Waals surface area contributed by atoms with Gasteiger partial charge in [-0.25, -0.2) is 0 Å². The summed E-state index contributed by atoms with van der Waals surface area (Å²) in [6.07, 6.45) is 4.54. The van der Waals surface area contributed by atoms with Crippen molar-refractivity contribution in [2.75, 3.05) is 12.4 Å². The number of hydrogen-bond acceptors (Lipinski definition) is 4. The molecule has 0 spiro atoms.